The molecule has 0 aromatic rings. The number of rotatable bonds is 4. The van der Waals surface area contributed by atoms with Crippen LogP contribution in [0.2, 0.25) is 0 Å². The van der Waals surface area contributed by atoms with Gasteiger partial charge in [-0.3, -0.25) is 9.59 Å². The fraction of sp³-hybridized carbons (Fsp3) is 0.833. The Balaban J connectivity index is 1.71. The Morgan fingerprint density at radius 3 is 2.31 bits per heavy atom. The molecule has 2 rings (SSSR count). The first-order valence-corrected chi connectivity index (χ1v) is 6.17. The number of carboxylic acids is 1. The number of hydrogen-bond donors (Lipinski definition) is 2. The topological polar surface area (TPSA) is 66.4 Å². The number of carbonyl (C=O) groups excluding carboxylic acids is 1. The van der Waals surface area contributed by atoms with Gasteiger partial charge in [-0.25, -0.2) is 0 Å². The maximum Gasteiger partial charge on any atom is 0.306 e. The molecule has 2 N–H and O–H groups in total. The Hall–Kier alpha value is -1.06. The molecule has 0 unspecified atom stereocenters. The van der Waals surface area contributed by atoms with E-state index in [1.165, 1.54) is 19.3 Å². The molecule has 4 nitrogen and oxygen atoms in total. The van der Waals surface area contributed by atoms with Crippen molar-refractivity contribution in [3.8, 4) is 0 Å². The summed E-state index contributed by atoms with van der Waals surface area (Å²) in [6, 6.07) is 0. The molecule has 2 aliphatic carbocycles. The number of carbonyl (C=O) groups is 2. The van der Waals surface area contributed by atoms with Crippen molar-refractivity contribution in [3.63, 3.8) is 0 Å². The van der Waals surface area contributed by atoms with Crippen molar-refractivity contribution in [1.82, 2.24) is 5.32 Å². The van der Waals surface area contributed by atoms with E-state index >= 15 is 0 Å². The highest BCUT2D eigenvalue weighted by Crippen LogP contribution is 2.31. The van der Waals surface area contributed by atoms with Gasteiger partial charge in [0.05, 0.1) is 5.92 Å². The maximum absolute atomic E-state index is 11.8. The fourth-order valence-electron chi connectivity index (χ4n) is 2.53. The lowest BCUT2D eigenvalue weighted by molar-refractivity contribution is -0.141. The van der Waals surface area contributed by atoms with Crippen LogP contribution in [0.5, 0.6) is 0 Å². The van der Waals surface area contributed by atoms with Gasteiger partial charge in [-0.15, -0.1) is 0 Å². The average Bonchev–Trinajstić information content (AvgIpc) is 2.63. The smallest absolute Gasteiger partial charge is 0.306 e. The largest absolute Gasteiger partial charge is 0.481 e. The summed E-state index contributed by atoms with van der Waals surface area (Å²) in [6.07, 6.45) is 5.63. The molecule has 0 heterocycles. The molecule has 1 amide bonds. The van der Waals surface area contributed by atoms with Crippen LogP contribution in [0.4, 0.5) is 0 Å². The van der Waals surface area contributed by atoms with E-state index in [1.54, 1.807) is 0 Å². The Kier molecular flexibility index (Phi) is 3.46. The van der Waals surface area contributed by atoms with Gasteiger partial charge in [0.1, 0.15) is 0 Å². The first-order chi connectivity index (χ1) is 7.66. The highest BCUT2D eigenvalue weighted by Gasteiger charge is 2.34. The maximum atomic E-state index is 11.8. The van der Waals surface area contributed by atoms with Gasteiger partial charge >= 0.3 is 5.97 Å². The van der Waals surface area contributed by atoms with Crippen LogP contribution in [-0.4, -0.2) is 23.5 Å². The first-order valence-electron chi connectivity index (χ1n) is 6.17. The van der Waals surface area contributed by atoms with Crippen molar-refractivity contribution in [2.24, 2.45) is 17.8 Å². The fourth-order valence-corrected chi connectivity index (χ4v) is 2.53. The van der Waals surface area contributed by atoms with Gasteiger partial charge < -0.3 is 10.4 Å². The molecule has 0 spiro atoms. The van der Waals surface area contributed by atoms with Crippen LogP contribution in [0.25, 0.3) is 0 Å². The molecule has 2 fully saturated rings. The van der Waals surface area contributed by atoms with Crippen molar-refractivity contribution in [1.29, 1.82) is 0 Å². The van der Waals surface area contributed by atoms with E-state index in [0.717, 1.165) is 13.0 Å². The molecule has 0 aromatic carbocycles. The second kappa shape index (κ2) is 4.85. The van der Waals surface area contributed by atoms with Gasteiger partial charge in [0.2, 0.25) is 5.91 Å². The standard InChI is InChI=1S/C12H19NO3/c14-11(13-7-8-2-1-3-8)9-4-5-10(6-9)12(15)16/h8-10H,1-7H2,(H,13,14)(H,15,16)/t9-,10+/m0/s1. The number of aliphatic carboxylic acids is 1. The number of hydrogen-bond acceptors (Lipinski definition) is 2. The van der Waals surface area contributed by atoms with Crippen molar-refractivity contribution >= 4 is 11.9 Å². The molecular weight excluding hydrogens is 206 g/mol. The minimum Gasteiger partial charge on any atom is -0.481 e. The lowest BCUT2D eigenvalue weighted by Crippen LogP contribution is -2.35. The predicted octanol–water partition coefficient (Wildman–Crippen LogP) is 1.40. The first kappa shape index (κ1) is 11.4. The summed E-state index contributed by atoms with van der Waals surface area (Å²) in [4.78, 5) is 22.5. The Morgan fingerprint density at radius 1 is 1.12 bits per heavy atom. The third-order valence-corrected chi connectivity index (χ3v) is 3.94. The average molecular weight is 225 g/mol. The van der Waals surface area contributed by atoms with Crippen molar-refractivity contribution in [2.45, 2.75) is 38.5 Å². The quantitative estimate of drug-likeness (QED) is 0.760. The van der Waals surface area contributed by atoms with E-state index in [4.69, 9.17) is 5.11 Å². The molecule has 0 bridgehead atoms. The van der Waals surface area contributed by atoms with Crippen molar-refractivity contribution in [2.75, 3.05) is 6.54 Å². The molecule has 2 atom stereocenters. The normalized spacial score (nSPS) is 29.8. The Bertz CT molecular complexity index is 286. The van der Waals surface area contributed by atoms with Gasteiger partial charge in [-0.05, 0) is 38.0 Å². The molecular formula is C12H19NO3. The summed E-state index contributed by atoms with van der Waals surface area (Å²) >= 11 is 0. The summed E-state index contributed by atoms with van der Waals surface area (Å²) in [5.41, 5.74) is 0. The van der Waals surface area contributed by atoms with E-state index < -0.39 is 5.97 Å². The summed E-state index contributed by atoms with van der Waals surface area (Å²) in [7, 11) is 0. The monoisotopic (exact) mass is 225 g/mol. The number of amides is 1. The van der Waals surface area contributed by atoms with Crippen LogP contribution in [0, 0.1) is 17.8 Å². The molecule has 0 saturated heterocycles. The highest BCUT2D eigenvalue weighted by atomic mass is 16.4. The number of carboxylic acid groups (broad SMARTS) is 1. The summed E-state index contributed by atoms with van der Waals surface area (Å²) in [6.45, 7) is 0.785. The van der Waals surface area contributed by atoms with E-state index in [9.17, 15) is 9.59 Å². The zero-order chi connectivity index (χ0) is 11.5. The molecule has 0 aromatic heterocycles. The SMILES string of the molecule is O=C(O)[C@@H]1CC[C@H](C(=O)NCC2CCC2)C1. The number of nitrogens with one attached hydrogen (secondary N) is 1. The lowest BCUT2D eigenvalue weighted by atomic mass is 9.85. The van der Waals surface area contributed by atoms with Crippen molar-refractivity contribution in [3.05, 3.63) is 0 Å². The molecule has 16 heavy (non-hydrogen) atoms. The lowest BCUT2D eigenvalue weighted by Gasteiger charge is -2.26. The van der Waals surface area contributed by atoms with Crippen LogP contribution < -0.4 is 5.32 Å². The molecule has 2 aliphatic rings. The molecule has 90 valence electrons. The molecule has 2 saturated carbocycles. The van der Waals surface area contributed by atoms with Gasteiger partial charge in [-0.2, -0.15) is 0 Å². The van der Waals surface area contributed by atoms with E-state index in [0.29, 0.717) is 18.8 Å². The van der Waals surface area contributed by atoms with Crippen LogP contribution >= 0.6 is 0 Å². The molecule has 4 heteroatoms. The Morgan fingerprint density at radius 2 is 1.81 bits per heavy atom. The summed E-state index contributed by atoms with van der Waals surface area (Å²) in [5.74, 6) is -0.397. The zero-order valence-electron chi connectivity index (χ0n) is 9.45. The third kappa shape index (κ3) is 2.54. The van der Waals surface area contributed by atoms with Crippen LogP contribution in [0.15, 0.2) is 0 Å². The van der Waals surface area contributed by atoms with Gasteiger partial charge in [0.15, 0.2) is 0 Å². The summed E-state index contributed by atoms with van der Waals surface area (Å²) in [5, 5.41) is 11.8. The highest BCUT2D eigenvalue weighted by molar-refractivity contribution is 5.80. The molecule has 0 radical (unpaired) electrons. The summed E-state index contributed by atoms with van der Waals surface area (Å²) < 4.78 is 0. The van der Waals surface area contributed by atoms with Crippen molar-refractivity contribution < 1.29 is 14.7 Å². The molecule has 0 aliphatic heterocycles. The minimum atomic E-state index is -0.755. The second-order valence-electron chi connectivity index (χ2n) is 5.09. The minimum absolute atomic E-state index is 0.0654. The second-order valence-corrected chi connectivity index (χ2v) is 5.09. The van der Waals surface area contributed by atoms with Crippen LogP contribution in [-0.2, 0) is 9.59 Å². The van der Waals surface area contributed by atoms with E-state index in [-0.39, 0.29) is 17.7 Å². The van der Waals surface area contributed by atoms with Gasteiger partial charge in [0, 0.05) is 12.5 Å². The predicted molar refractivity (Wildman–Crippen MR) is 58.8 cm³/mol. The third-order valence-electron chi connectivity index (χ3n) is 3.94. The van der Waals surface area contributed by atoms with Gasteiger partial charge in [-0.1, -0.05) is 6.42 Å². The zero-order valence-corrected chi connectivity index (χ0v) is 9.45. The van der Waals surface area contributed by atoms with Crippen LogP contribution in [0.1, 0.15) is 38.5 Å². The van der Waals surface area contributed by atoms with Crippen LogP contribution in [0.3, 0.4) is 0 Å². The Labute approximate surface area is 95.4 Å². The van der Waals surface area contributed by atoms with E-state index in [1.807, 2.05) is 0 Å². The van der Waals surface area contributed by atoms with Gasteiger partial charge in [0.25, 0.3) is 0 Å². The van der Waals surface area contributed by atoms with E-state index in [2.05, 4.69) is 5.32 Å².